The van der Waals surface area contributed by atoms with Crippen molar-refractivity contribution >= 4 is 17.5 Å². The molecule has 0 atom stereocenters. The third-order valence-electron chi connectivity index (χ3n) is 3.73. The summed E-state index contributed by atoms with van der Waals surface area (Å²) in [6, 6.07) is 8.83. The van der Waals surface area contributed by atoms with Gasteiger partial charge in [-0.25, -0.2) is 9.37 Å². The van der Waals surface area contributed by atoms with Gasteiger partial charge in [-0.15, -0.1) is 0 Å². The maximum absolute atomic E-state index is 13.6. The Labute approximate surface area is 123 Å². The number of hydrogen-bond acceptors (Lipinski definition) is 4. The minimum Gasteiger partial charge on any atom is -0.367 e. The summed E-state index contributed by atoms with van der Waals surface area (Å²) in [7, 11) is 0. The molecule has 1 heterocycles. The van der Waals surface area contributed by atoms with Crippen LogP contribution >= 0.6 is 0 Å². The first-order valence-corrected chi connectivity index (χ1v) is 7.42. The third kappa shape index (κ3) is 3.68. The van der Waals surface area contributed by atoms with Gasteiger partial charge in [0.15, 0.2) is 0 Å². The molecule has 1 fully saturated rings. The summed E-state index contributed by atoms with van der Waals surface area (Å²) >= 11 is 0. The van der Waals surface area contributed by atoms with E-state index in [2.05, 4.69) is 20.6 Å². The van der Waals surface area contributed by atoms with Gasteiger partial charge in [0.1, 0.15) is 11.6 Å². The highest BCUT2D eigenvalue weighted by molar-refractivity contribution is 5.55. The summed E-state index contributed by atoms with van der Waals surface area (Å²) in [5.74, 6) is 0.878. The minimum atomic E-state index is -0.313. The molecular weight excluding hydrogens is 267 g/mol. The Bertz CT molecular complexity index is 596. The molecule has 5 heteroatoms. The highest BCUT2D eigenvalue weighted by Crippen LogP contribution is 2.22. The van der Waals surface area contributed by atoms with Crippen LogP contribution in [0.5, 0.6) is 0 Å². The van der Waals surface area contributed by atoms with Crippen molar-refractivity contribution in [3.63, 3.8) is 0 Å². The van der Waals surface area contributed by atoms with Crippen molar-refractivity contribution in [2.45, 2.75) is 38.1 Å². The van der Waals surface area contributed by atoms with Crippen LogP contribution in [0.2, 0.25) is 0 Å². The maximum atomic E-state index is 13.6. The van der Waals surface area contributed by atoms with E-state index in [1.165, 1.54) is 38.2 Å². The van der Waals surface area contributed by atoms with Gasteiger partial charge in [0.2, 0.25) is 5.95 Å². The Morgan fingerprint density at radius 2 is 1.86 bits per heavy atom. The molecule has 1 aliphatic carbocycles. The van der Waals surface area contributed by atoms with Crippen LogP contribution in [0.4, 0.5) is 21.8 Å². The molecule has 110 valence electrons. The van der Waals surface area contributed by atoms with Crippen LogP contribution in [0.25, 0.3) is 0 Å². The van der Waals surface area contributed by atoms with Crippen LogP contribution in [0, 0.1) is 5.82 Å². The Kier molecular flexibility index (Phi) is 4.28. The molecule has 1 aromatic heterocycles. The van der Waals surface area contributed by atoms with Gasteiger partial charge in [0, 0.05) is 12.2 Å². The average molecular weight is 286 g/mol. The second-order valence-corrected chi connectivity index (χ2v) is 5.35. The zero-order valence-electron chi connectivity index (χ0n) is 11.8. The lowest BCUT2D eigenvalue weighted by molar-refractivity contribution is 0.462. The molecule has 0 unspecified atom stereocenters. The van der Waals surface area contributed by atoms with Gasteiger partial charge < -0.3 is 10.6 Å². The van der Waals surface area contributed by atoms with E-state index >= 15 is 0 Å². The van der Waals surface area contributed by atoms with Crippen LogP contribution in [0.15, 0.2) is 36.5 Å². The number of para-hydroxylation sites is 1. The Morgan fingerprint density at radius 1 is 1.05 bits per heavy atom. The second-order valence-electron chi connectivity index (χ2n) is 5.35. The fraction of sp³-hybridized carbons (Fsp3) is 0.375. The SMILES string of the molecule is Fc1ccccc1Nc1nccc(NC2CCCCC2)n1. The summed E-state index contributed by atoms with van der Waals surface area (Å²) in [5, 5.41) is 6.35. The molecule has 4 nitrogen and oxygen atoms in total. The zero-order valence-corrected chi connectivity index (χ0v) is 11.8. The summed E-state index contributed by atoms with van der Waals surface area (Å²) in [5.41, 5.74) is 0.382. The van der Waals surface area contributed by atoms with E-state index in [-0.39, 0.29) is 5.82 Å². The Morgan fingerprint density at radius 3 is 2.67 bits per heavy atom. The molecule has 0 aliphatic heterocycles. The Balaban J connectivity index is 1.69. The number of aromatic nitrogens is 2. The van der Waals surface area contributed by atoms with E-state index in [4.69, 9.17) is 0 Å². The smallest absolute Gasteiger partial charge is 0.229 e. The van der Waals surface area contributed by atoms with Crippen molar-refractivity contribution in [1.82, 2.24) is 9.97 Å². The molecule has 1 saturated carbocycles. The Hall–Kier alpha value is -2.17. The van der Waals surface area contributed by atoms with E-state index < -0.39 is 0 Å². The quantitative estimate of drug-likeness (QED) is 0.888. The molecule has 21 heavy (non-hydrogen) atoms. The van der Waals surface area contributed by atoms with Gasteiger partial charge in [-0.05, 0) is 31.0 Å². The van der Waals surface area contributed by atoms with Crippen molar-refractivity contribution in [3.8, 4) is 0 Å². The van der Waals surface area contributed by atoms with Crippen molar-refractivity contribution in [2.24, 2.45) is 0 Å². The lowest BCUT2D eigenvalue weighted by Gasteiger charge is -2.23. The number of rotatable bonds is 4. The van der Waals surface area contributed by atoms with Gasteiger partial charge in [0.25, 0.3) is 0 Å². The topological polar surface area (TPSA) is 49.8 Å². The van der Waals surface area contributed by atoms with Crippen LogP contribution in [0.1, 0.15) is 32.1 Å². The van der Waals surface area contributed by atoms with Crippen LogP contribution < -0.4 is 10.6 Å². The average Bonchev–Trinajstić information content (AvgIpc) is 2.51. The van der Waals surface area contributed by atoms with Crippen molar-refractivity contribution < 1.29 is 4.39 Å². The molecule has 1 aliphatic rings. The second kappa shape index (κ2) is 6.52. The van der Waals surface area contributed by atoms with Crippen molar-refractivity contribution in [2.75, 3.05) is 10.6 Å². The van der Waals surface area contributed by atoms with Gasteiger partial charge in [-0.3, -0.25) is 0 Å². The van der Waals surface area contributed by atoms with E-state index in [0.29, 0.717) is 17.7 Å². The predicted octanol–water partition coefficient (Wildman–Crippen LogP) is 4.10. The molecule has 0 radical (unpaired) electrons. The highest BCUT2D eigenvalue weighted by atomic mass is 19.1. The molecule has 2 N–H and O–H groups in total. The molecule has 3 rings (SSSR count). The minimum absolute atomic E-state index is 0.313. The van der Waals surface area contributed by atoms with E-state index in [0.717, 1.165) is 5.82 Å². The first-order valence-electron chi connectivity index (χ1n) is 7.42. The monoisotopic (exact) mass is 286 g/mol. The van der Waals surface area contributed by atoms with Gasteiger partial charge in [-0.2, -0.15) is 4.98 Å². The predicted molar refractivity (Wildman–Crippen MR) is 82.2 cm³/mol. The maximum Gasteiger partial charge on any atom is 0.229 e. The molecule has 2 aromatic rings. The van der Waals surface area contributed by atoms with Gasteiger partial charge in [0.05, 0.1) is 5.69 Å². The number of hydrogen-bond donors (Lipinski definition) is 2. The molecular formula is C16H19FN4. The fourth-order valence-electron chi connectivity index (χ4n) is 2.64. The lowest BCUT2D eigenvalue weighted by atomic mass is 9.95. The number of anilines is 3. The van der Waals surface area contributed by atoms with Crippen LogP contribution in [-0.4, -0.2) is 16.0 Å². The van der Waals surface area contributed by atoms with Crippen molar-refractivity contribution in [3.05, 3.63) is 42.3 Å². The van der Waals surface area contributed by atoms with E-state index in [1.807, 2.05) is 6.07 Å². The fourth-order valence-corrected chi connectivity index (χ4v) is 2.64. The zero-order chi connectivity index (χ0) is 14.5. The summed E-state index contributed by atoms with van der Waals surface area (Å²) in [6.07, 6.45) is 7.90. The summed E-state index contributed by atoms with van der Waals surface area (Å²) in [4.78, 5) is 8.54. The molecule has 0 amide bonds. The van der Waals surface area contributed by atoms with Crippen LogP contribution in [0.3, 0.4) is 0 Å². The molecule has 1 aromatic carbocycles. The van der Waals surface area contributed by atoms with Crippen LogP contribution in [-0.2, 0) is 0 Å². The third-order valence-corrected chi connectivity index (χ3v) is 3.73. The van der Waals surface area contributed by atoms with Gasteiger partial charge >= 0.3 is 0 Å². The van der Waals surface area contributed by atoms with E-state index in [9.17, 15) is 4.39 Å². The lowest BCUT2D eigenvalue weighted by Crippen LogP contribution is -2.22. The molecule has 0 bridgehead atoms. The summed E-state index contributed by atoms with van der Waals surface area (Å²) in [6.45, 7) is 0. The first-order chi connectivity index (χ1) is 10.3. The van der Waals surface area contributed by atoms with E-state index in [1.54, 1.807) is 24.4 Å². The number of nitrogens with one attached hydrogen (secondary N) is 2. The highest BCUT2D eigenvalue weighted by Gasteiger charge is 2.13. The standard InChI is InChI=1S/C16H19FN4/c17-13-8-4-5-9-14(13)20-16-18-11-10-15(21-16)19-12-6-2-1-3-7-12/h4-5,8-12H,1-3,6-7H2,(H2,18,19,20,21). The summed E-state index contributed by atoms with van der Waals surface area (Å²) < 4.78 is 13.6. The number of halogens is 1. The van der Waals surface area contributed by atoms with Crippen molar-refractivity contribution in [1.29, 1.82) is 0 Å². The number of benzene rings is 1. The van der Waals surface area contributed by atoms with Gasteiger partial charge in [-0.1, -0.05) is 31.4 Å². The molecule has 0 spiro atoms. The first kappa shape index (κ1) is 13.8. The number of nitrogens with zero attached hydrogens (tertiary/aromatic N) is 2. The normalized spacial score (nSPS) is 15.7. The molecule has 0 saturated heterocycles. The largest absolute Gasteiger partial charge is 0.367 e.